The molecule has 0 bridgehead atoms. The summed E-state index contributed by atoms with van der Waals surface area (Å²) in [5.41, 5.74) is 1.48. The van der Waals surface area contributed by atoms with Crippen molar-refractivity contribution in [3.8, 4) is 5.75 Å². The Morgan fingerprint density at radius 1 is 1.10 bits per heavy atom. The minimum Gasteiger partial charge on any atom is -0.495 e. The zero-order valence-corrected chi connectivity index (χ0v) is 18.4. The Balaban J connectivity index is 1.41. The molecule has 0 atom stereocenters. The summed E-state index contributed by atoms with van der Waals surface area (Å²) in [6, 6.07) is 14.8. The smallest absolute Gasteiger partial charge is 0.251 e. The van der Waals surface area contributed by atoms with E-state index in [1.54, 1.807) is 12.1 Å². The van der Waals surface area contributed by atoms with Crippen LogP contribution in [-0.2, 0) is 16.6 Å². The highest BCUT2D eigenvalue weighted by atomic mass is 32.2. The summed E-state index contributed by atoms with van der Waals surface area (Å²) < 4.78 is 34.9. The van der Waals surface area contributed by atoms with Gasteiger partial charge in [0.05, 0.1) is 7.11 Å². The lowest BCUT2D eigenvalue weighted by Gasteiger charge is -2.18. The van der Waals surface area contributed by atoms with Crippen LogP contribution in [0, 0.1) is 0 Å². The predicted molar refractivity (Wildman–Crippen MR) is 120 cm³/mol. The highest BCUT2D eigenvalue weighted by Gasteiger charge is 2.30. The number of amides is 1. The Hall–Kier alpha value is -2.84. The lowest BCUT2D eigenvalue weighted by atomic mass is 10.2. The van der Waals surface area contributed by atoms with Gasteiger partial charge >= 0.3 is 0 Å². The largest absolute Gasteiger partial charge is 0.495 e. The van der Waals surface area contributed by atoms with Crippen molar-refractivity contribution in [2.75, 3.05) is 26.7 Å². The summed E-state index contributed by atoms with van der Waals surface area (Å²) in [4.78, 5) is 12.7. The number of nitrogens with one attached hydrogen (secondary N) is 1. The van der Waals surface area contributed by atoms with Crippen molar-refractivity contribution >= 4 is 26.8 Å². The molecule has 164 valence electrons. The van der Waals surface area contributed by atoms with Gasteiger partial charge in [0.15, 0.2) is 0 Å². The van der Waals surface area contributed by atoms with E-state index in [1.807, 2.05) is 18.3 Å². The van der Waals surface area contributed by atoms with Gasteiger partial charge in [0.2, 0.25) is 10.0 Å². The number of aromatic nitrogens is 1. The van der Waals surface area contributed by atoms with Gasteiger partial charge in [0.1, 0.15) is 10.6 Å². The van der Waals surface area contributed by atoms with Crippen LogP contribution in [0.3, 0.4) is 0 Å². The lowest BCUT2D eigenvalue weighted by molar-refractivity contribution is 0.0952. The first kappa shape index (κ1) is 21.4. The number of para-hydroxylation sites is 1. The second-order valence-corrected chi connectivity index (χ2v) is 9.56. The van der Waals surface area contributed by atoms with Crippen molar-refractivity contribution in [2.24, 2.45) is 0 Å². The van der Waals surface area contributed by atoms with Crippen LogP contribution in [-0.4, -0.2) is 49.9 Å². The average Bonchev–Trinajstić information content (AvgIpc) is 3.47. The topological polar surface area (TPSA) is 80.6 Å². The van der Waals surface area contributed by atoms with Gasteiger partial charge in [-0.3, -0.25) is 4.79 Å². The fourth-order valence-corrected chi connectivity index (χ4v) is 5.67. The molecule has 0 radical (unpaired) electrons. The Bertz CT molecular complexity index is 1180. The molecule has 1 N–H and O–H groups in total. The molecule has 2 aromatic carbocycles. The van der Waals surface area contributed by atoms with Crippen LogP contribution in [0.1, 0.15) is 29.6 Å². The van der Waals surface area contributed by atoms with E-state index in [4.69, 9.17) is 4.74 Å². The number of benzene rings is 2. The van der Waals surface area contributed by atoms with Crippen LogP contribution in [0.25, 0.3) is 10.9 Å². The van der Waals surface area contributed by atoms with Gasteiger partial charge < -0.3 is 14.6 Å². The van der Waals surface area contributed by atoms with Gasteiger partial charge in [0, 0.05) is 43.5 Å². The Morgan fingerprint density at radius 2 is 1.87 bits per heavy atom. The molecule has 1 aliphatic rings. The third-order valence-corrected chi connectivity index (χ3v) is 7.57. The molecular formula is C23H27N3O4S. The van der Waals surface area contributed by atoms with Crippen molar-refractivity contribution in [1.29, 1.82) is 0 Å². The summed E-state index contributed by atoms with van der Waals surface area (Å²) in [6.07, 6.45) is 4.50. The summed E-state index contributed by atoms with van der Waals surface area (Å²) in [7, 11) is -2.25. The van der Waals surface area contributed by atoms with E-state index in [9.17, 15) is 13.2 Å². The number of aryl methyl sites for hydroxylation is 1. The van der Waals surface area contributed by atoms with Gasteiger partial charge in [-0.1, -0.05) is 18.2 Å². The fraction of sp³-hybridized carbons (Fsp3) is 0.348. The van der Waals surface area contributed by atoms with Gasteiger partial charge in [-0.25, -0.2) is 8.42 Å². The number of fused-ring (bicyclic) bond motifs is 1. The van der Waals surface area contributed by atoms with E-state index in [1.165, 1.54) is 28.4 Å². The Labute approximate surface area is 182 Å². The maximum Gasteiger partial charge on any atom is 0.251 e. The van der Waals surface area contributed by atoms with Crippen molar-refractivity contribution in [3.05, 3.63) is 60.3 Å². The highest BCUT2D eigenvalue weighted by molar-refractivity contribution is 7.89. The van der Waals surface area contributed by atoms with Crippen LogP contribution < -0.4 is 10.1 Å². The van der Waals surface area contributed by atoms with E-state index in [0.29, 0.717) is 25.2 Å². The summed E-state index contributed by atoms with van der Waals surface area (Å²) in [6.45, 7) is 2.27. The molecule has 7 nitrogen and oxygen atoms in total. The first-order chi connectivity index (χ1) is 15.0. The second kappa shape index (κ2) is 9.11. The first-order valence-electron chi connectivity index (χ1n) is 10.5. The molecule has 8 heteroatoms. The van der Waals surface area contributed by atoms with Crippen molar-refractivity contribution < 1.29 is 17.9 Å². The number of ether oxygens (including phenoxy) is 1. The Kier molecular flexibility index (Phi) is 6.29. The average molecular weight is 442 g/mol. The van der Waals surface area contributed by atoms with Crippen LogP contribution in [0.5, 0.6) is 5.75 Å². The third-order valence-electron chi connectivity index (χ3n) is 5.65. The van der Waals surface area contributed by atoms with Gasteiger partial charge in [-0.05, 0) is 55.0 Å². The SMILES string of the molecule is COc1ccc(C(=O)NCCCn2ccc3ccccc32)cc1S(=O)(=O)N1CCCC1. The molecule has 4 rings (SSSR count). The molecular weight excluding hydrogens is 414 g/mol. The number of rotatable bonds is 8. The molecule has 1 aliphatic heterocycles. The predicted octanol–water partition coefficient (Wildman–Crippen LogP) is 3.25. The molecule has 31 heavy (non-hydrogen) atoms. The van der Waals surface area contributed by atoms with Crippen molar-refractivity contribution in [1.82, 2.24) is 14.2 Å². The second-order valence-electron chi connectivity index (χ2n) is 7.65. The number of nitrogens with zero attached hydrogens (tertiary/aromatic N) is 2. The Morgan fingerprint density at radius 3 is 2.65 bits per heavy atom. The number of carbonyl (C=O) groups is 1. The molecule has 2 heterocycles. The first-order valence-corrected chi connectivity index (χ1v) is 11.9. The summed E-state index contributed by atoms with van der Waals surface area (Å²) in [5, 5.41) is 4.08. The third kappa shape index (κ3) is 4.45. The van der Waals surface area contributed by atoms with Crippen molar-refractivity contribution in [3.63, 3.8) is 0 Å². The standard InChI is InChI=1S/C23H27N3O4S/c1-30-21-10-9-19(17-22(21)31(28,29)26-14-4-5-15-26)23(27)24-12-6-13-25-16-11-18-7-2-3-8-20(18)25/h2-3,7-11,16-17H,4-6,12-15H2,1H3,(H,24,27). The summed E-state index contributed by atoms with van der Waals surface area (Å²) >= 11 is 0. The van der Waals surface area contributed by atoms with E-state index in [2.05, 4.69) is 28.1 Å². The van der Waals surface area contributed by atoms with Gasteiger partial charge in [-0.15, -0.1) is 0 Å². The quantitative estimate of drug-likeness (QED) is 0.544. The van der Waals surface area contributed by atoms with Crippen LogP contribution in [0.4, 0.5) is 0 Å². The van der Waals surface area contributed by atoms with Gasteiger partial charge in [-0.2, -0.15) is 4.31 Å². The molecule has 0 saturated carbocycles. The summed E-state index contributed by atoms with van der Waals surface area (Å²) in [5.74, 6) is -0.0409. The van der Waals surface area contributed by atoms with E-state index >= 15 is 0 Å². The zero-order valence-electron chi connectivity index (χ0n) is 17.6. The maximum atomic E-state index is 13.0. The normalized spacial score (nSPS) is 14.7. The van der Waals surface area contributed by atoms with Gasteiger partial charge in [0.25, 0.3) is 5.91 Å². The zero-order chi connectivity index (χ0) is 21.8. The number of hydrogen-bond acceptors (Lipinski definition) is 4. The molecule has 1 aromatic heterocycles. The minimum atomic E-state index is -3.69. The lowest BCUT2D eigenvalue weighted by Crippen LogP contribution is -2.29. The molecule has 1 fully saturated rings. The number of hydrogen-bond donors (Lipinski definition) is 1. The molecule has 3 aromatic rings. The molecule has 0 unspecified atom stereocenters. The maximum absolute atomic E-state index is 13.0. The minimum absolute atomic E-state index is 0.0448. The molecule has 1 saturated heterocycles. The van der Waals surface area contributed by atoms with Crippen LogP contribution >= 0.6 is 0 Å². The number of carbonyl (C=O) groups excluding carboxylic acids is 1. The molecule has 0 aliphatic carbocycles. The molecule has 0 spiro atoms. The monoisotopic (exact) mass is 441 g/mol. The van der Waals surface area contributed by atoms with Crippen LogP contribution in [0.2, 0.25) is 0 Å². The van der Waals surface area contributed by atoms with Crippen molar-refractivity contribution in [2.45, 2.75) is 30.7 Å². The van der Waals surface area contributed by atoms with E-state index < -0.39 is 10.0 Å². The highest BCUT2D eigenvalue weighted by Crippen LogP contribution is 2.29. The molecule has 1 amide bonds. The van der Waals surface area contributed by atoms with E-state index in [-0.39, 0.29) is 16.6 Å². The van der Waals surface area contributed by atoms with E-state index in [0.717, 1.165) is 25.8 Å². The number of methoxy groups -OCH3 is 1. The fourth-order valence-electron chi connectivity index (χ4n) is 3.98. The number of sulfonamides is 1. The van der Waals surface area contributed by atoms with Crippen LogP contribution in [0.15, 0.2) is 59.6 Å².